The van der Waals surface area contributed by atoms with E-state index in [1.54, 1.807) is 0 Å². The molecule has 0 bridgehead atoms. The number of aromatic nitrogens is 2. The third kappa shape index (κ3) is 2.09. The first-order valence-electron chi connectivity index (χ1n) is 5.23. The van der Waals surface area contributed by atoms with Crippen molar-refractivity contribution in [1.82, 2.24) is 9.78 Å². The average molecular weight is 274 g/mol. The maximum Gasteiger partial charge on any atom is 0.0802 e. The van der Waals surface area contributed by atoms with Gasteiger partial charge in [-0.25, -0.2) is 0 Å². The van der Waals surface area contributed by atoms with Crippen LogP contribution >= 0.6 is 15.9 Å². The van der Waals surface area contributed by atoms with E-state index in [0.717, 1.165) is 41.9 Å². The van der Waals surface area contributed by atoms with Crippen molar-refractivity contribution in [2.24, 2.45) is 12.8 Å². The first-order chi connectivity index (χ1) is 7.24. The van der Waals surface area contributed by atoms with Crippen molar-refractivity contribution < 1.29 is 4.74 Å². The van der Waals surface area contributed by atoms with Gasteiger partial charge in [-0.15, -0.1) is 0 Å². The van der Waals surface area contributed by atoms with Crippen LogP contribution in [0, 0.1) is 0 Å². The Hall–Kier alpha value is -0.390. The van der Waals surface area contributed by atoms with Gasteiger partial charge in [0.25, 0.3) is 0 Å². The maximum absolute atomic E-state index is 5.68. The molecule has 0 radical (unpaired) electrons. The van der Waals surface area contributed by atoms with E-state index in [0.29, 0.717) is 12.5 Å². The SMILES string of the molecule is Cn1nc(C2CCOCC2)c(Br)c1CN. The van der Waals surface area contributed by atoms with Crippen molar-refractivity contribution in [3.8, 4) is 0 Å². The number of ether oxygens (including phenoxy) is 1. The fourth-order valence-corrected chi connectivity index (χ4v) is 2.83. The Morgan fingerprint density at radius 2 is 2.20 bits per heavy atom. The molecule has 5 heteroatoms. The lowest BCUT2D eigenvalue weighted by Crippen LogP contribution is -2.15. The lowest BCUT2D eigenvalue weighted by atomic mass is 9.96. The van der Waals surface area contributed by atoms with Crippen molar-refractivity contribution in [1.29, 1.82) is 0 Å². The molecule has 1 aromatic rings. The summed E-state index contributed by atoms with van der Waals surface area (Å²) in [4.78, 5) is 0. The highest BCUT2D eigenvalue weighted by atomic mass is 79.9. The summed E-state index contributed by atoms with van der Waals surface area (Å²) in [5, 5.41) is 4.54. The Labute approximate surface area is 97.9 Å². The second kappa shape index (κ2) is 4.63. The average Bonchev–Trinajstić information content (AvgIpc) is 2.55. The maximum atomic E-state index is 5.68. The number of hydrogen-bond acceptors (Lipinski definition) is 3. The summed E-state index contributed by atoms with van der Waals surface area (Å²) in [6.45, 7) is 2.20. The molecule has 0 atom stereocenters. The normalized spacial score (nSPS) is 18.3. The minimum Gasteiger partial charge on any atom is -0.381 e. The Morgan fingerprint density at radius 1 is 1.53 bits per heavy atom. The minimum atomic E-state index is 0.514. The number of aryl methyl sites for hydroxylation is 1. The third-order valence-corrected chi connectivity index (χ3v) is 3.79. The van der Waals surface area contributed by atoms with E-state index in [1.807, 2.05) is 11.7 Å². The van der Waals surface area contributed by atoms with Gasteiger partial charge in [0.2, 0.25) is 0 Å². The van der Waals surface area contributed by atoms with E-state index in [4.69, 9.17) is 10.5 Å². The molecule has 1 saturated heterocycles. The zero-order valence-electron chi connectivity index (χ0n) is 8.87. The number of hydrogen-bond donors (Lipinski definition) is 1. The molecule has 2 rings (SSSR count). The van der Waals surface area contributed by atoms with Crippen molar-refractivity contribution in [3.05, 3.63) is 15.9 Å². The van der Waals surface area contributed by atoms with Crippen molar-refractivity contribution in [2.45, 2.75) is 25.3 Å². The lowest BCUT2D eigenvalue weighted by molar-refractivity contribution is 0.0842. The highest BCUT2D eigenvalue weighted by Crippen LogP contribution is 2.33. The van der Waals surface area contributed by atoms with Gasteiger partial charge < -0.3 is 10.5 Å². The number of nitrogens with two attached hydrogens (primary N) is 1. The van der Waals surface area contributed by atoms with Crippen molar-refractivity contribution in [2.75, 3.05) is 13.2 Å². The van der Waals surface area contributed by atoms with Crippen molar-refractivity contribution >= 4 is 15.9 Å². The molecule has 1 fully saturated rings. The van der Waals surface area contributed by atoms with Crippen LogP contribution in [0.5, 0.6) is 0 Å². The van der Waals surface area contributed by atoms with Gasteiger partial charge in [0.05, 0.1) is 15.9 Å². The van der Waals surface area contributed by atoms with Gasteiger partial charge in [0.1, 0.15) is 0 Å². The fourth-order valence-electron chi connectivity index (χ4n) is 2.01. The molecule has 2 heterocycles. The molecule has 0 aliphatic carbocycles. The van der Waals surface area contributed by atoms with E-state index in [-0.39, 0.29) is 0 Å². The Balaban J connectivity index is 2.27. The molecular formula is C10H16BrN3O. The number of rotatable bonds is 2. The Kier molecular flexibility index (Phi) is 3.43. The first-order valence-corrected chi connectivity index (χ1v) is 6.02. The van der Waals surface area contributed by atoms with Crippen molar-refractivity contribution in [3.63, 3.8) is 0 Å². The Morgan fingerprint density at radius 3 is 2.73 bits per heavy atom. The molecule has 1 aliphatic rings. The Bertz CT molecular complexity index is 345. The standard InChI is InChI=1S/C10H16BrN3O/c1-14-8(6-12)9(11)10(13-14)7-2-4-15-5-3-7/h7H,2-6,12H2,1H3. The molecule has 0 spiro atoms. The highest BCUT2D eigenvalue weighted by Gasteiger charge is 2.23. The summed E-state index contributed by atoms with van der Waals surface area (Å²) in [5.74, 6) is 0.514. The van der Waals surface area contributed by atoms with E-state index >= 15 is 0 Å². The summed E-state index contributed by atoms with van der Waals surface area (Å²) in [5.41, 5.74) is 7.89. The fraction of sp³-hybridized carbons (Fsp3) is 0.700. The van der Waals surface area contributed by atoms with Gasteiger partial charge >= 0.3 is 0 Å². The zero-order chi connectivity index (χ0) is 10.8. The van der Waals surface area contributed by atoms with E-state index in [1.165, 1.54) is 0 Å². The second-order valence-electron chi connectivity index (χ2n) is 3.86. The zero-order valence-corrected chi connectivity index (χ0v) is 10.5. The van der Waals surface area contributed by atoms with Gasteiger partial charge in [-0.05, 0) is 28.8 Å². The molecule has 1 aromatic heterocycles. The molecule has 15 heavy (non-hydrogen) atoms. The molecule has 84 valence electrons. The number of halogens is 1. The van der Waals surface area contributed by atoms with Gasteiger partial charge in [0.15, 0.2) is 0 Å². The summed E-state index contributed by atoms with van der Waals surface area (Å²) < 4.78 is 8.30. The molecule has 0 unspecified atom stereocenters. The van der Waals surface area contributed by atoms with E-state index in [2.05, 4.69) is 21.0 Å². The highest BCUT2D eigenvalue weighted by molar-refractivity contribution is 9.10. The van der Waals surface area contributed by atoms with Crippen LogP contribution in [0.15, 0.2) is 4.47 Å². The predicted octanol–water partition coefficient (Wildman–Crippen LogP) is 1.54. The molecule has 1 aliphatic heterocycles. The van der Waals surface area contributed by atoms with E-state index in [9.17, 15) is 0 Å². The quantitative estimate of drug-likeness (QED) is 0.890. The minimum absolute atomic E-state index is 0.514. The summed E-state index contributed by atoms with van der Waals surface area (Å²) in [6, 6.07) is 0. The van der Waals surface area contributed by atoms with Crippen LogP contribution in [0.2, 0.25) is 0 Å². The van der Waals surface area contributed by atoms with Gasteiger partial charge in [0, 0.05) is 32.7 Å². The third-order valence-electron chi connectivity index (χ3n) is 2.93. The molecule has 0 saturated carbocycles. The summed E-state index contributed by atoms with van der Waals surface area (Å²) in [7, 11) is 1.94. The summed E-state index contributed by atoms with van der Waals surface area (Å²) >= 11 is 3.59. The second-order valence-corrected chi connectivity index (χ2v) is 4.65. The van der Waals surface area contributed by atoms with Crippen LogP contribution in [-0.2, 0) is 18.3 Å². The topological polar surface area (TPSA) is 53.1 Å². The number of nitrogens with zero attached hydrogens (tertiary/aromatic N) is 2. The molecule has 2 N–H and O–H groups in total. The van der Waals surface area contributed by atoms with E-state index < -0.39 is 0 Å². The lowest BCUT2D eigenvalue weighted by Gasteiger charge is -2.20. The van der Waals surface area contributed by atoms with Crippen LogP contribution in [0.4, 0.5) is 0 Å². The van der Waals surface area contributed by atoms with Crippen LogP contribution in [0.3, 0.4) is 0 Å². The van der Waals surface area contributed by atoms with Gasteiger partial charge in [-0.1, -0.05) is 0 Å². The molecule has 0 aromatic carbocycles. The molecule has 4 nitrogen and oxygen atoms in total. The summed E-state index contributed by atoms with van der Waals surface area (Å²) in [6.07, 6.45) is 2.11. The molecular weight excluding hydrogens is 258 g/mol. The predicted molar refractivity (Wildman–Crippen MR) is 61.6 cm³/mol. The smallest absolute Gasteiger partial charge is 0.0802 e. The van der Waals surface area contributed by atoms with Crippen LogP contribution in [0.25, 0.3) is 0 Å². The van der Waals surface area contributed by atoms with Crippen LogP contribution in [-0.4, -0.2) is 23.0 Å². The van der Waals surface area contributed by atoms with Gasteiger partial charge in [-0.3, -0.25) is 4.68 Å². The molecule has 0 amide bonds. The van der Waals surface area contributed by atoms with Crippen LogP contribution in [0.1, 0.15) is 30.1 Å². The largest absolute Gasteiger partial charge is 0.381 e. The van der Waals surface area contributed by atoms with Gasteiger partial charge in [-0.2, -0.15) is 5.10 Å². The van der Waals surface area contributed by atoms with Crippen LogP contribution < -0.4 is 5.73 Å². The first kappa shape index (κ1) is 11.1. The monoisotopic (exact) mass is 273 g/mol.